The molecule has 0 N–H and O–H groups in total. The van der Waals surface area contributed by atoms with Crippen LogP contribution in [0.2, 0.25) is 0 Å². The summed E-state index contributed by atoms with van der Waals surface area (Å²) in [5, 5.41) is 0. The van der Waals surface area contributed by atoms with Crippen molar-refractivity contribution < 1.29 is 4.79 Å². The number of hydrogen-bond acceptors (Lipinski definition) is 3. The van der Waals surface area contributed by atoms with Crippen LogP contribution >= 0.6 is 0 Å². The second-order valence-electron chi connectivity index (χ2n) is 7.36. The molecule has 2 aliphatic rings. The number of amides is 1. The van der Waals surface area contributed by atoms with E-state index in [1.54, 1.807) is 0 Å². The lowest BCUT2D eigenvalue weighted by Crippen LogP contribution is -2.57. The molecule has 1 aromatic carbocycles. The van der Waals surface area contributed by atoms with E-state index in [1.807, 2.05) is 4.90 Å². The quantitative estimate of drug-likeness (QED) is 0.822. The highest BCUT2D eigenvalue weighted by atomic mass is 16.2. The second-order valence-corrected chi connectivity index (χ2v) is 7.36. The molecule has 1 saturated heterocycles. The second kappa shape index (κ2) is 7.88. The Hall–Kier alpha value is -1.39. The summed E-state index contributed by atoms with van der Waals surface area (Å²) in [7, 11) is 0. The van der Waals surface area contributed by atoms with Crippen LogP contribution in [0.25, 0.3) is 0 Å². The lowest BCUT2D eigenvalue weighted by atomic mass is 9.74. The van der Waals surface area contributed by atoms with Crippen LogP contribution in [-0.2, 0) is 16.8 Å². The molecule has 1 fully saturated rings. The van der Waals surface area contributed by atoms with Crippen molar-refractivity contribution in [2.24, 2.45) is 0 Å². The molecule has 2 heterocycles. The van der Waals surface area contributed by atoms with E-state index in [1.165, 1.54) is 11.1 Å². The molecule has 0 aromatic heterocycles. The minimum Gasteiger partial charge on any atom is -0.342 e. The van der Waals surface area contributed by atoms with E-state index >= 15 is 0 Å². The Kier molecular flexibility index (Phi) is 5.80. The van der Waals surface area contributed by atoms with E-state index in [0.29, 0.717) is 6.54 Å². The van der Waals surface area contributed by atoms with Crippen molar-refractivity contribution >= 4 is 5.91 Å². The van der Waals surface area contributed by atoms with Crippen molar-refractivity contribution in [1.82, 2.24) is 14.7 Å². The predicted molar refractivity (Wildman–Crippen MR) is 103 cm³/mol. The topological polar surface area (TPSA) is 26.8 Å². The molecule has 0 bridgehead atoms. The summed E-state index contributed by atoms with van der Waals surface area (Å²) in [6.07, 6.45) is 3.42. The molecular formula is C21H33N3O. The van der Waals surface area contributed by atoms with Gasteiger partial charge in [-0.1, -0.05) is 31.2 Å². The zero-order chi connectivity index (χ0) is 17.9. The van der Waals surface area contributed by atoms with Crippen LogP contribution in [0.1, 0.15) is 44.7 Å². The average Bonchev–Trinajstić information content (AvgIpc) is 2.65. The SMILES string of the molecule is CCN(CC)C(=O)CN1CCC2(CC1)c1ccccc1CCN2CC. The van der Waals surface area contributed by atoms with Gasteiger partial charge in [-0.05, 0) is 50.8 Å². The third-order valence-corrected chi connectivity index (χ3v) is 6.32. The number of piperidine rings is 1. The normalized spacial score (nSPS) is 20.4. The summed E-state index contributed by atoms with van der Waals surface area (Å²) in [4.78, 5) is 19.4. The zero-order valence-corrected chi connectivity index (χ0v) is 16.1. The third-order valence-electron chi connectivity index (χ3n) is 6.32. The van der Waals surface area contributed by atoms with Crippen LogP contribution in [0.5, 0.6) is 0 Å². The molecule has 138 valence electrons. The van der Waals surface area contributed by atoms with Crippen molar-refractivity contribution in [3.8, 4) is 0 Å². The Balaban J connectivity index is 1.72. The van der Waals surface area contributed by atoms with Crippen molar-refractivity contribution in [3.05, 3.63) is 35.4 Å². The Bertz CT molecular complexity index is 589. The fourth-order valence-electron chi connectivity index (χ4n) is 4.83. The van der Waals surface area contributed by atoms with Gasteiger partial charge < -0.3 is 4.90 Å². The molecule has 1 spiro atoms. The molecule has 1 aromatic rings. The maximum atomic E-state index is 12.4. The summed E-state index contributed by atoms with van der Waals surface area (Å²) >= 11 is 0. The Labute approximate surface area is 152 Å². The predicted octanol–water partition coefficient (Wildman–Crippen LogP) is 2.72. The fraction of sp³-hybridized carbons (Fsp3) is 0.667. The Morgan fingerprint density at radius 1 is 1.08 bits per heavy atom. The van der Waals surface area contributed by atoms with Crippen molar-refractivity contribution in [3.63, 3.8) is 0 Å². The van der Waals surface area contributed by atoms with Gasteiger partial charge in [-0.25, -0.2) is 0 Å². The molecule has 25 heavy (non-hydrogen) atoms. The van der Waals surface area contributed by atoms with Crippen LogP contribution in [0.3, 0.4) is 0 Å². The molecule has 0 atom stereocenters. The fourth-order valence-corrected chi connectivity index (χ4v) is 4.83. The van der Waals surface area contributed by atoms with Crippen LogP contribution in [0.4, 0.5) is 0 Å². The summed E-state index contributed by atoms with van der Waals surface area (Å²) in [6, 6.07) is 9.01. The van der Waals surface area contributed by atoms with Crippen molar-refractivity contribution in [2.45, 2.75) is 45.6 Å². The summed E-state index contributed by atoms with van der Waals surface area (Å²) in [5.41, 5.74) is 3.25. The highest BCUT2D eigenvalue weighted by Gasteiger charge is 2.44. The molecule has 2 aliphatic heterocycles. The minimum absolute atomic E-state index is 0.179. The molecule has 4 heteroatoms. The summed E-state index contributed by atoms with van der Waals surface area (Å²) in [6.45, 7) is 12.9. The molecule has 0 aliphatic carbocycles. The van der Waals surface area contributed by atoms with Gasteiger partial charge in [-0.2, -0.15) is 0 Å². The maximum absolute atomic E-state index is 12.4. The first kappa shape index (κ1) is 18.4. The monoisotopic (exact) mass is 343 g/mol. The number of rotatable bonds is 5. The first-order valence-electron chi connectivity index (χ1n) is 9.98. The van der Waals surface area contributed by atoms with Gasteiger partial charge in [0, 0.05) is 38.3 Å². The zero-order valence-electron chi connectivity index (χ0n) is 16.1. The van der Waals surface area contributed by atoms with E-state index < -0.39 is 0 Å². The lowest BCUT2D eigenvalue weighted by molar-refractivity contribution is -0.132. The molecule has 0 unspecified atom stereocenters. The van der Waals surface area contributed by atoms with E-state index in [0.717, 1.165) is 58.5 Å². The summed E-state index contributed by atoms with van der Waals surface area (Å²) < 4.78 is 0. The van der Waals surface area contributed by atoms with Crippen LogP contribution in [0.15, 0.2) is 24.3 Å². The number of fused-ring (bicyclic) bond motifs is 2. The number of likely N-dealkylation sites (N-methyl/N-ethyl adjacent to an activating group) is 2. The number of nitrogens with zero attached hydrogens (tertiary/aromatic N) is 3. The largest absolute Gasteiger partial charge is 0.342 e. The number of benzene rings is 1. The molecule has 1 amide bonds. The maximum Gasteiger partial charge on any atom is 0.236 e. The first-order valence-corrected chi connectivity index (χ1v) is 9.98. The van der Waals surface area contributed by atoms with Gasteiger partial charge in [0.25, 0.3) is 0 Å². The Morgan fingerprint density at radius 3 is 2.40 bits per heavy atom. The van der Waals surface area contributed by atoms with Gasteiger partial charge in [0.05, 0.1) is 6.54 Å². The van der Waals surface area contributed by atoms with E-state index in [4.69, 9.17) is 0 Å². The average molecular weight is 344 g/mol. The highest BCUT2D eigenvalue weighted by molar-refractivity contribution is 5.78. The highest BCUT2D eigenvalue weighted by Crippen LogP contribution is 2.43. The van der Waals surface area contributed by atoms with E-state index in [-0.39, 0.29) is 11.4 Å². The van der Waals surface area contributed by atoms with Crippen LogP contribution in [0, 0.1) is 0 Å². The van der Waals surface area contributed by atoms with Crippen LogP contribution < -0.4 is 0 Å². The lowest BCUT2D eigenvalue weighted by Gasteiger charge is -2.52. The minimum atomic E-state index is 0.179. The molecular weight excluding hydrogens is 310 g/mol. The molecule has 3 rings (SSSR count). The number of carbonyl (C=O) groups excluding carboxylic acids is 1. The Morgan fingerprint density at radius 2 is 1.76 bits per heavy atom. The number of carbonyl (C=O) groups is 1. The van der Waals surface area contributed by atoms with Crippen molar-refractivity contribution in [2.75, 3.05) is 45.8 Å². The third kappa shape index (κ3) is 3.47. The van der Waals surface area contributed by atoms with Gasteiger partial charge in [0.15, 0.2) is 0 Å². The molecule has 4 nitrogen and oxygen atoms in total. The number of likely N-dealkylation sites (tertiary alicyclic amines) is 1. The molecule has 0 saturated carbocycles. The standard InChI is InChI=1S/C21H33N3O/c1-4-23(5-2)20(25)17-22-15-12-21(13-16-22)19-10-8-7-9-18(19)11-14-24(21)6-3/h7-10H,4-6,11-17H2,1-3H3. The van der Waals surface area contributed by atoms with Gasteiger partial charge in [-0.15, -0.1) is 0 Å². The first-order chi connectivity index (χ1) is 12.1. The number of hydrogen-bond donors (Lipinski definition) is 0. The van der Waals surface area contributed by atoms with Gasteiger partial charge >= 0.3 is 0 Å². The van der Waals surface area contributed by atoms with Crippen LogP contribution in [-0.4, -0.2) is 66.4 Å². The van der Waals surface area contributed by atoms with Gasteiger partial charge in [0.2, 0.25) is 5.91 Å². The smallest absolute Gasteiger partial charge is 0.236 e. The van der Waals surface area contributed by atoms with Gasteiger partial charge in [-0.3, -0.25) is 14.6 Å². The van der Waals surface area contributed by atoms with E-state index in [9.17, 15) is 4.79 Å². The van der Waals surface area contributed by atoms with Crippen molar-refractivity contribution in [1.29, 1.82) is 0 Å². The molecule has 0 radical (unpaired) electrons. The van der Waals surface area contributed by atoms with E-state index in [2.05, 4.69) is 54.8 Å². The summed E-state index contributed by atoms with van der Waals surface area (Å²) in [5.74, 6) is 0.275. The van der Waals surface area contributed by atoms with Gasteiger partial charge in [0.1, 0.15) is 0 Å².